The monoisotopic (exact) mass is 528 g/mol. The maximum absolute atomic E-state index is 13.5. The maximum atomic E-state index is 13.5. The molecule has 2 aliphatic heterocycles. The van der Waals surface area contributed by atoms with Crippen molar-refractivity contribution in [1.82, 2.24) is 15.2 Å². The maximum Gasteiger partial charge on any atom is 0.253 e. The summed E-state index contributed by atoms with van der Waals surface area (Å²) in [5.74, 6) is -0.101. The van der Waals surface area contributed by atoms with Gasteiger partial charge < -0.3 is 15.0 Å². The summed E-state index contributed by atoms with van der Waals surface area (Å²) in [5.41, 5.74) is 3.59. The minimum atomic E-state index is -0.968. The van der Waals surface area contributed by atoms with E-state index in [1.165, 1.54) is 24.3 Å². The summed E-state index contributed by atoms with van der Waals surface area (Å²) in [6.45, 7) is 7.59. The molecule has 8 heteroatoms. The Balaban J connectivity index is 1.36. The Morgan fingerprint density at radius 2 is 1.69 bits per heavy atom. The van der Waals surface area contributed by atoms with Gasteiger partial charge in [0, 0.05) is 48.8 Å². The fraction of sp³-hybridized carbons (Fsp3) is 0.323. The molecule has 3 aromatic rings. The lowest BCUT2D eigenvalue weighted by Gasteiger charge is -2.37. The largest absolute Gasteiger partial charge is 0.461 e. The molecule has 0 aromatic heterocycles. The summed E-state index contributed by atoms with van der Waals surface area (Å²) in [5, 5.41) is 9.93. The van der Waals surface area contributed by atoms with Gasteiger partial charge in [0.2, 0.25) is 5.78 Å². The molecule has 1 N–H and O–H groups in total. The summed E-state index contributed by atoms with van der Waals surface area (Å²) in [6.07, 6.45) is -0.386. The van der Waals surface area contributed by atoms with Gasteiger partial charge >= 0.3 is 0 Å². The van der Waals surface area contributed by atoms with Gasteiger partial charge in [-0.2, -0.15) is 5.10 Å². The van der Waals surface area contributed by atoms with Crippen molar-refractivity contribution in [2.24, 2.45) is 5.10 Å². The molecule has 202 valence electrons. The van der Waals surface area contributed by atoms with E-state index in [1.54, 1.807) is 17.0 Å². The number of hydrogen-bond acceptors (Lipinski definition) is 6. The summed E-state index contributed by atoms with van der Waals surface area (Å²) >= 11 is 0. The number of amides is 1. The number of rotatable bonds is 7. The van der Waals surface area contributed by atoms with E-state index in [4.69, 9.17) is 9.84 Å². The molecule has 39 heavy (non-hydrogen) atoms. The molecule has 0 fully saturated rings. The molecule has 3 aromatic carbocycles. The number of likely N-dealkylation sites (N-methyl/N-ethyl adjacent to an activating group) is 1. The molecule has 0 saturated heterocycles. The molecule has 2 heterocycles. The summed E-state index contributed by atoms with van der Waals surface area (Å²) in [7, 11) is 1.80. The van der Waals surface area contributed by atoms with Crippen LogP contribution in [-0.2, 0) is 0 Å². The second-order valence-corrected chi connectivity index (χ2v) is 11.0. The Hall–Kier alpha value is -4.04. The van der Waals surface area contributed by atoms with Crippen LogP contribution in [0.5, 0.6) is 5.75 Å². The normalized spacial score (nSPS) is 18.1. The molecular weight excluding hydrogens is 495 g/mol. The van der Waals surface area contributed by atoms with Crippen molar-refractivity contribution in [1.29, 1.82) is 0 Å². The number of hydrogen-bond donors (Lipinski definition) is 1. The van der Waals surface area contributed by atoms with Crippen LogP contribution < -0.4 is 10.1 Å². The highest BCUT2D eigenvalue weighted by Gasteiger charge is 2.43. The lowest BCUT2D eigenvalue weighted by molar-refractivity contribution is -0.00456. The number of benzene rings is 3. The number of nitrogens with zero attached hydrogens (tertiary/aromatic N) is 3. The minimum absolute atomic E-state index is 0.00503. The van der Waals surface area contributed by atoms with Crippen LogP contribution >= 0.6 is 0 Å². The molecule has 1 amide bonds. The smallest absolute Gasteiger partial charge is 0.253 e. The van der Waals surface area contributed by atoms with Crippen molar-refractivity contribution in [3.8, 4) is 5.75 Å². The highest BCUT2D eigenvalue weighted by Crippen LogP contribution is 2.43. The second-order valence-electron chi connectivity index (χ2n) is 11.0. The lowest BCUT2D eigenvalue weighted by Crippen LogP contribution is -2.45. The van der Waals surface area contributed by atoms with Crippen molar-refractivity contribution in [2.45, 2.75) is 45.0 Å². The minimum Gasteiger partial charge on any atom is -0.461 e. The van der Waals surface area contributed by atoms with Crippen molar-refractivity contribution in [3.05, 3.63) is 101 Å². The molecule has 0 radical (unpaired) electrons. The van der Waals surface area contributed by atoms with E-state index in [2.05, 4.69) is 26.1 Å². The Bertz CT molecular complexity index is 1400. The Labute approximate surface area is 228 Å². The number of halogens is 1. The van der Waals surface area contributed by atoms with E-state index >= 15 is 0 Å². The summed E-state index contributed by atoms with van der Waals surface area (Å²) in [4.78, 5) is 28.1. The first-order chi connectivity index (χ1) is 18.6. The van der Waals surface area contributed by atoms with Crippen LogP contribution in [0, 0.1) is 5.82 Å². The molecule has 5 rings (SSSR count). The van der Waals surface area contributed by atoms with Crippen molar-refractivity contribution in [3.63, 3.8) is 0 Å². The second kappa shape index (κ2) is 10.6. The van der Waals surface area contributed by atoms with Gasteiger partial charge in [-0.05, 0) is 68.8 Å². The fourth-order valence-electron chi connectivity index (χ4n) is 4.86. The zero-order chi connectivity index (χ0) is 27.7. The van der Waals surface area contributed by atoms with Gasteiger partial charge in [-0.25, -0.2) is 9.40 Å². The van der Waals surface area contributed by atoms with Crippen LogP contribution in [0.15, 0.2) is 77.9 Å². The van der Waals surface area contributed by atoms with Crippen LogP contribution in [-0.4, -0.2) is 59.2 Å². The van der Waals surface area contributed by atoms with E-state index < -0.39 is 12.0 Å². The van der Waals surface area contributed by atoms with Gasteiger partial charge in [-0.15, -0.1) is 0 Å². The lowest BCUT2D eigenvalue weighted by atomic mass is 9.95. The van der Waals surface area contributed by atoms with Gasteiger partial charge in [0.15, 0.2) is 0 Å². The van der Waals surface area contributed by atoms with E-state index in [9.17, 15) is 14.0 Å². The van der Waals surface area contributed by atoms with E-state index in [0.717, 1.165) is 16.8 Å². The van der Waals surface area contributed by atoms with E-state index in [0.29, 0.717) is 36.4 Å². The number of hydrazone groups is 1. The molecule has 0 bridgehead atoms. The van der Waals surface area contributed by atoms with Crippen molar-refractivity contribution >= 4 is 17.4 Å². The zero-order valence-corrected chi connectivity index (χ0v) is 22.6. The standard InChI is InChI=1S/C31H33FN4O3/c1-31(2,3)33-17-18-35(4)29(38)22-11-9-20(10-12-22)25-19-26-24-7-5-6-8-27(24)39-30(36(26)34-25)28(37)21-13-15-23(32)16-14-21/h5-16,26,30,33H,17-19H2,1-4H3. The Morgan fingerprint density at radius 1 is 1.03 bits per heavy atom. The fourth-order valence-corrected chi connectivity index (χ4v) is 4.86. The third-order valence-electron chi connectivity index (χ3n) is 6.97. The van der Waals surface area contributed by atoms with Crippen LogP contribution in [0.2, 0.25) is 0 Å². The topological polar surface area (TPSA) is 74.2 Å². The molecular formula is C31H33FN4O3. The van der Waals surface area contributed by atoms with Gasteiger partial charge in [0.05, 0.1) is 11.8 Å². The van der Waals surface area contributed by atoms with Crippen molar-refractivity contribution < 1.29 is 18.7 Å². The number of ketones is 1. The number of ether oxygens (including phenoxy) is 1. The van der Waals surface area contributed by atoms with Gasteiger partial charge in [0.1, 0.15) is 11.6 Å². The third kappa shape index (κ3) is 5.71. The molecule has 2 atom stereocenters. The number of Topliss-reactive ketones (excluding diaryl/α,β-unsaturated/α-hetero) is 1. The van der Waals surface area contributed by atoms with Crippen LogP contribution in [0.3, 0.4) is 0 Å². The number of nitrogens with one attached hydrogen (secondary N) is 1. The third-order valence-corrected chi connectivity index (χ3v) is 6.97. The van der Waals surface area contributed by atoms with Crippen LogP contribution in [0.4, 0.5) is 4.39 Å². The van der Waals surface area contributed by atoms with E-state index in [-0.39, 0.29) is 23.3 Å². The average Bonchev–Trinajstić information content (AvgIpc) is 3.37. The van der Waals surface area contributed by atoms with Crippen molar-refractivity contribution in [2.75, 3.05) is 20.1 Å². The highest BCUT2D eigenvalue weighted by atomic mass is 19.1. The SMILES string of the molecule is CN(CCNC(C)(C)C)C(=O)c1ccc(C2=NN3C(C(=O)c4ccc(F)cc4)Oc4ccccc4C3C2)cc1. The van der Waals surface area contributed by atoms with E-state index in [1.807, 2.05) is 48.5 Å². The van der Waals surface area contributed by atoms with Gasteiger partial charge in [-0.1, -0.05) is 30.3 Å². The first kappa shape index (κ1) is 26.6. The number of carbonyl (C=O) groups excluding carboxylic acids is 2. The Morgan fingerprint density at radius 3 is 2.38 bits per heavy atom. The predicted octanol–water partition coefficient (Wildman–Crippen LogP) is 5.04. The molecule has 0 aliphatic carbocycles. The van der Waals surface area contributed by atoms with Gasteiger partial charge in [0.25, 0.3) is 12.1 Å². The zero-order valence-electron chi connectivity index (χ0n) is 22.6. The molecule has 0 saturated carbocycles. The Kier molecular flexibility index (Phi) is 7.23. The molecule has 2 unspecified atom stereocenters. The first-order valence-corrected chi connectivity index (χ1v) is 13.1. The summed E-state index contributed by atoms with van der Waals surface area (Å²) < 4.78 is 19.6. The number of para-hydroxylation sites is 1. The quantitative estimate of drug-likeness (QED) is 0.435. The van der Waals surface area contributed by atoms with Crippen LogP contribution in [0.1, 0.15) is 65.1 Å². The predicted molar refractivity (Wildman–Crippen MR) is 148 cm³/mol. The van der Waals surface area contributed by atoms with Crippen LogP contribution in [0.25, 0.3) is 0 Å². The number of fused-ring (bicyclic) bond motifs is 3. The molecule has 7 nitrogen and oxygen atoms in total. The molecule has 0 spiro atoms. The highest BCUT2D eigenvalue weighted by molar-refractivity contribution is 6.04. The van der Waals surface area contributed by atoms with Gasteiger partial charge in [-0.3, -0.25) is 9.59 Å². The number of carbonyl (C=O) groups is 2. The molecule has 2 aliphatic rings. The summed E-state index contributed by atoms with van der Waals surface area (Å²) in [6, 6.07) is 20.3. The first-order valence-electron chi connectivity index (χ1n) is 13.1. The average molecular weight is 529 g/mol.